The van der Waals surface area contributed by atoms with E-state index in [9.17, 15) is 9.18 Å². The van der Waals surface area contributed by atoms with Crippen LogP contribution in [0.15, 0.2) is 43.1 Å². The van der Waals surface area contributed by atoms with Gasteiger partial charge in [-0.05, 0) is 24.3 Å². The molecule has 0 atom stereocenters. The number of pyridine rings is 1. The maximum atomic E-state index is 13.6. The van der Waals surface area contributed by atoms with Crippen LogP contribution in [-0.2, 0) is 6.54 Å². The molecule has 20 heavy (non-hydrogen) atoms. The molecule has 0 aliphatic heterocycles. The molecule has 0 fully saturated rings. The lowest BCUT2D eigenvalue weighted by molar-refractivity contribution is 0.0758. The SMILES string of the molecule is C=CCN(Cc1ccc(Cl)s1)C(=O)c1cccnc1F. The number of rotatable bonds is 5. The first-order valence-corrected chi connectivity index (χ1v) is 7.06. The Hall–Kier alpha value is -1.72. The van der Waals surface area contributed by atoms with Crippen LogP contribution in [0, 0.1) is 5.95 Å². The molecule has 0 N–H and O–H groups in total. The Morgan fingerprint density at radius 1 is 1.50 bits per heavy atom. The average Bonchev–Trinajstić information content (AvgIpc) is 2.83. The summed E-state index contributed by atoms with van der Waals surface area (Å²) in [5.41, 5.74) is -0.0444. The molecule has 2 heterocycles. The number of carbonyl (C=O) groups is 1. The van der Waals surface area contributed by atoms with E-state index < -0.39 is 11.9 Å². The van der Waals surface area contributed by atoms with Gasteiger partial charge in [0.25, 0.3) is 5.91 Å². The van der Waals surface area contributed by atoms with E-state index in [2.05, 4.69) is 11.6 Å². The summed E-state index contributed by atoms with van der Waals surface area (Å²) in [5.74, 6) is -1.18. The Kier molecular flexibility index (Phi) is 4.87. The van der Waals surface area contributed by atoms with Gasteiger partial charge in [-0.25, -0.2) is 4.98 Å². The van der Waals surface area contributed by atoms with Crippen LogP contribution >= 0.6 is 22.9 Å². The molecule has 0 radical (unpaired) electrons. The normalized spacial score (nSPS) is 10.3. The molecule has 3 nitrogen and oxygen atoms in total. The highest BCUT2D eigenvalue weighted by Crippen LogP contribution is 2.23. The van der Waals surface area contributed by atoms with Crippen LogP contribution in [0.2, 0.25) is 4.34 Å². The molecule has 0 aliphatic carbocycles. The number of amides is 1. The van der Waals surface area contributed by atoms with Gasteiger partial charge in [0.05, 0.1) is 16.4 Å². The van der Waals surface area contributed by atoms with Gasteiger partial charge in [0.1, 0.15) is 0 Å². The molecule has 0 unspecified atom stereocenters. The molecule has 104 valence electrons. The predicted octanol–water partition coefficient (Wildman–Crippen LogP) is 3.76. The largest absolute Gasteiger partial charge is 0.330 e. The van der Waals surface area contributed by atoms with E-state index in [-0.39, 0.29) is 5.56 Å². The van der Waals surface area contributed by atoms with Crippen LogP contribution < -0.4 is 0 Å². The van der Waals surface area contributed by atoms with Crippen molar-refractivity contribution in [1.29, 1.82) is 0 Å². The van der Waals surface area contributed by atoms with Crippen molar-refractivity contribution in [3.63, 3.8) is 0 Å². The molecular weight excluding hydrogens is 299 g/mol. The molecular formula is C14H12ClFN2OS. The zero-order valence-electron chi connectivity index (χ0n) is 10.6. The van der Waals surface area contributed by atoms with Crippen LogP contribution in [0.5, 0.6) is 0 Å². The third kappa shape index (κ3) is 3.43. The first kappa shape index (κ1) is 14.7. The fourth-order valence-corrected chi connectivity index (χ4v) is 2.82. The number of thiophene rings is 1. The van der Waals surface area contributed by atoms with Gasteiger partial charge < -0.3 is 4.90 Å². The van der Waals surface area contributed by atoms with Gasteiger partial charge in [-0.15, -0.1) is 17.9 Å². The third-order valence-electron chi connectivity index (χ3n) is 2.60. The van der Waals surface area contributed by atoms with Gasteiger partial charge in [-0.3, -0.25) is 4.79 Å². The molecule has 1 amide bonds. The van der Waals surface area contributed by atoms with Gasteiger partial charge in [0, 0.05) is 17.6 Å². The standard InChI is InChI=1S/C14H12ClFN2OS/c1-2-8-18(9-10-5-6-12(15)20-10)14(19)11-4-3-7-17-13(11)16/h2-7H,1,8-9H2. The maximum Gasteiger partial charge on any atom is 0.259 e. The predicted molar refractivity (Wildman–Crippen MR) is 78.5 cm³/mol. The first-order valence-electron chi connectivity index (χ1n) is 5.86. The van der Waals surface area contributed by atoms with Gasteiger partial charge in [0.15, 0.2) is 0 Å². The molecule has 0 bridgehead atoms. The lowest BCUT2D eigenvalue weighted by Crippen LogP contribution is -2.31. The zero-order valence-corrected chi connectivity index (χ0v) is 12.1. The summed E-state index contributed by atoms with van der Waals surface area (Å²) in [4.78, 5) is 18.3. The third-order valence-corrected chi connectivity index (χ3v) is 3.82. The van der Waals surface area contributed by atoms with Gasteiger partial charge in [-0.2, -0.15) is 4.39 Å². The highest BCUT2D eigenvalue weighted by atomic mass is 35.5. The number of hydrogen-bond acceptors (Lipinski definition) is 3. The van der Waals surface area contributed by atoms with Gasteiger partial charge in [0.2, 0.25) is 5.95 Å². The number of carbonyl (C=O) groups excluding carboxylic acids is 1. The number of nitrogens with zero attached hydrogens (tertiary/aromatic N) is 2. The van der Waals surface area contributed by atoms with Crippen molar-refractivity contribution in [1.82, 2.24) is 9.88 Å². The van der Waals surface area contributed by atoms with Crippen molar-refractivity contribution in [2.75, 3.05) is 6.54 Å². The quantitative estimate of drug-likeness (QED) is 0.622. The summed E-state index contributed by atoms with van der Waals surface area (Å²) in [6.45, 7) is 4.30. The Morgan fingerprint density at radius 3 is 2.90 bits per heavy atom. The smallest absolute Gasteiger partial charge is 0.259 e. The van der Waals surface area contributed by atoms with Crippen LogP contribution in [0.3, 0.4) is 0 Å². The molecule has 2 rings (SSSR count). The van der Waals surface area contributed by atoms with Crippen molar-refractivity contribution in [3.8, 4) is 0 Å². The lowest BCUT2D eigenvalue weighted by atomic mass is 10.2. The second kappa shape index (κ2) is 6.63. The summed E-state index contributed by atoms with van der Waals surface area (Å²) >= 11 is 7.25. The summed E-state index contributed by atoms with van der Waals surface area (Å²) in [5, 5.41) is 0. The number of halogens is 2. The summed E-state index contributed by atoms with van der Waals surface area (Å²) in [6.07, 6.45) is 2.91. The van der Waals surface area contributed by atoms with E-state index in [1.165, 1.54) is 34.6 Å². The molecule has 0 aliphatic rings. The zero-order chi connectivity index (χ0) is 14.5. The van der Waals surface area contributed by atoms with E-state index >= 15 is 0 Å². The van der Waals surface area contributed by atoms with E-state index in [0.29, 0.717) is 17.4 Å². The fraction of sp³-hybridized carbons (Fsp3) is 0.143. The number of hydrogen-bond donors (Lipinski definition) is 0. The van der Waals surface area contributed by atoms with E-state index in [1.54, 1.807) is 12.1 Å². The minimum Gasteiger partial charge on any atom is -0.330 e. The minimum atomic E-state index is -0.768. The molecule has 2 aromatic heterocycles. The van der Waals surface area contributed by atoms with E-state index in [1.807, 2.05) is 6.07 Å². The van der Waals surface area contributed by atoms with E-state index in [4.69, 9.17) is 11.6 Å². The maximum absolute atomic E-state index is 13.6. The van der Waals surface area contributed by atoms with Crippen LogP contribution in [0.1, 0.15) is 15.2 Å². The van der Waals surface area contributed by atoms with E-state index in [0.717, 1.165) is 4.88 Å². The molecule has 6 heteroatoms. The van der Waals surface area contributed by atoms with Crippen molar-refractivity contribution >= 4 is 28.8 Å². The Morgan fingerprint density at radius 2 is 2.30 bits per heavy atom. The second-order valence-corrected chi connectivity index (χ2v) is 5.82. The van der Waals surface area contributed by atoms with Crippen molar-refractivity contribution in [3.05, 3.63) is 63.8 Å². The highest BCUT2D eigenvalue weighted by molar-refractivity contribution is 7.16. The van der Waals surface area contributed by atoms with Crippen LogP contribution in [0.4, 0.5) is 4.39 Å². The monoisotopic (exact) mass is 310 g/mol. The van der Waals surface area contributed by atoms with Gasteiger partial charge in [-0.1, -0.05) is 17.7 Å². The summed E-state index contributed by atoms with van der Waals surface area (Å²) in [7, 11) is 0. The van der Waals surface area contributed by atoms with Gasteiger partial charge >= 0.3 is 0 Å². The molecule has 0 spiro atoms. The summed E-state index contributed by atoms with van der Waals surface area (Å²) in [6, 6.07) is 6.56. The average molecular weight is 311 g/mol. The Bertz CT molecular complexity index is 629. The van der Waals surface area contributed by atoms with Crippen molar-refractivity contribution < 1.29 is 9.18 Å². The molecule has 0 aromatic carbocycles. The molecule has 0 saturated carbocycles. The fourth-order valence-electron chi connectivity index (χ4n) is 1.72. The molecule has 0 saturated heterocycles. The number of aromatic nitrogens is 1. The van der Waals surface area contributed by atoms with Crippen molar-refractivity contribution in [2.45, 2.75) is 6.54 Å². The first-order chi connectivity index (χ1) is 9.61. The summed E-state index contributed by atoms with van der Waals surface area (Å²) < 4.78 is 14.2. The Labute approximate surface area is 125 Å². The van der Waals surface area contributed by atoms with Crippen LogP contribution in [0.25, 0.3) is 0 Å². The second-order valence-electron chi connectivity index (χ2n) is 4.02. The topological polar surface area (TPSA) is 33.2 Å². The minimum absolute atomic E-state index is 0.0444. The van der Waals surface area contributed by atoms with Crippen molar-refractivity contribution in [2.24, 2.45) is 0 Å². The Balaban J connectivity index is 2.22. The van der Waals surface area contributed by atoms with Crippen LogP contribution in [-0.4, -0.2) is 22.3 Å². The highest BCUT2D eigenvalue weighted by Gasteiger charge is 2.19. The lowest BCUT2D eigenvalue weighted by Gasteiger charge is -2.20. The molecule has 2 aromatic rings.